The number of nitrogens with zero attached hydrogens (tertiary/aromatic N) is 3. The number of rotatable bonds is 7. The van der Waals surface area contributed by atoms with Crippen LogP contribution in [0.15, 0.2) is 64.7 Å². The summed E-state index contributed by atoms with van der Waals surface area (Å²) >= 11 is 1.48. The molecule has 3 aromatic rings. The van der Waals surface area contributed by atoms with Gasteiger partial charge in [-0.2, -0.15) is 0 Å². The summed E-state index contributed by atoms with van der Waals surface area (Å²) in [6.07, 6.45) is 1.81. The van der Waals surface area contributed by atoms with E-state index in [2.05, 4.69) is 21.5 Å². The van der Waals surface area contributed by atoms with Crippen molar-refractivity contribution >= 4 is 17.7 Å². The number of furan rings is 1. The van der Waals surface area contributed by atoms with E-state index in [-0.39, 0.29) is 5.76 Å². The van der Waals surface area contributed by atoms with E-state index in [0.717, 1.165) is 16.5 Å². The number of aromatic nitrogens is 3. The maximum atomic E-state index is 11.4. The van der Waals surface area contributed by atoms with Crippen LogP contribution in [0.4, 0.5) is 0 Å². The molecule has 0 fully saturated rings. The number of carbonyl (C=O) groups excluding carboxylic acids is 1. The molecule has 2 heterocycles. The van der Waals surface area contributed by atoms with Gasteiger partial charge in [0.2, 0.25) is 5.76 Å². The Balaban J connectivity index is 1.78. The van der Waals surface area contributed by atoms with Gasteiger partial charge in [-0.25, -0.2) is 4.79 Å². The number of ether oxygens (including phenoxy) is 1. The average Bonchev–Trinajstić information content (AvgIpc) is 3.27. The molecule has 3 rings (SSSR count). The van der Waals surface area contributed by atoms with Crippen LogP contribution in [-0.2, 0) is 17.0 Å². The summed E-state index contributed by atoms with van der Waals surface area (Å²) in [5, 5.41) is 9.34. The van der Waals surface area contributed by atoms with E-state index >= 15 is 0 Å². The molecular formula is C18H17N3O3S. The lowest BCUT2D eigenvalue weighted by atomic mass is 10.2. The molecule has 0 N–H and O–H groups in total. The molecule has 0 unspecified atom stereocenters. The van der Waals surface area contributed by atoms with Crippen LogP contribution in [0.5, 0.6) is 0 Å². The van der Waals surface area contributed by atoms with Gasteiger partial charge in [0.15, 0.2) is 11.0 Å². The van der Waals surface area contributed by atoms with Crippen molar-refractivity contribution in [2.24, 2.45) is 0 Å². The third-order valence-corrected chi connectivity index (χ3v) is 4.44. The second kappa shape index (κ2) is 7.85. The number of methoxy groups -OCH3 is 1. The first-order valence-corrected chi connectivity index (χ1v) is 8.61. The van der Waals surface area contributed by atoms with Crippen molar-refractivity contribution in [2.75, 3.05) is 7.11 Å². The Morgan fingerprint density at radius 3 is 2.80 bits per heavy atom. The van der Waals surface area contributed by atoms with Gasteiger partial charge < -0.3 is 9.15 Å². The van der Waals surface area contributed by atoms with Gasteiger partial charge >= 0.3 is 5.97 Å². The van der Waals surface area contributed by atoms with Crippen molar-refractivity contribution in [1.29, 1.82) is 0 Å². The van der Waals surface area contributed by atoms with Gasteiger partial charge in [-0.05, 0) is 12.1 Å². The van der Waals surface area contributed by atoms with Crippen molar-refractivity contribution in [3.63, 3.8) is 0 Å². The van der Waals surface area contributed by atoms with Gasteiger partial charge in [-0.3, -0.25) is 4.57 Å². The number of hydrogen-bond acceptors (Lipinski definition) is 6. The van der Waals surface area contributed by atoms with E-state index in [1.165, 1.54) is 18.9 Å². The highest BCUT2D eigenvalue weighted by molar-refractivity contribution is 7.98. The van der Waals surface area contributed by atoms with E-state index in [1.807, 2.05) is 41.0 Å². The van der Waals surface area contributed by atoms with Crippen molar-refractivity contribution in [1.82, 2.24) is 14.8 Å². The van der Waals surface area contributed by atoms with Crippen LogP contribution < -0.4 is 0 Å². The zero-order valence-corrected chi connectivity index (χ0v) is 14.5. The molecule has 0 amide bonds. The van der Waals surface area contributed by atoms with Crippen LogP contribution in [0.1, 0.15) is 16.3 Å². The van der Waals surface area contributed by atoms with Crippen LogP contribution in [-0.4, -0.2) is 27.8 Å². The predicted octanol–water partition coefficient (Wildman–Crippen LogP) is 3.80. The molecule has 0 atom stereocenters. The van der Waals surface area contributed by atoms with Gasteiger partial charge in [0, 0.05) is 12.1 Å². The van der Waals surface area contributed by atoms with E-state index < -0.39 is 5.97 Å². The molecule has 1 aromatic carbocycles. The van der Waals surface area contributed by atoms with E-state index in [1.54, 1.807) is 12.1 Å². The molecule has 128 valence electrons. The Hall–Kier alpha value is -2.80. The minimum atomic E-state index is -0.488. The number of benzene rings is 1. The van der Waals surface area contributed by atoms with Crippen LogP contribution in [0, 0.1) is 0 Å². The highest BCUT2D eigenvalue weighted by Crippen LogP contribution is 2.27. The Bertz CT molecular complexity index is 871. The van der Waals surface area contributed by atoms with Crippen molar-refractivity contribution in [2.45, 2.75) is 17.5 Å². The van der Waals surface area contributed by atoms with Crippen molar-refractivity contribution in [3.8, 4) is 11.4 Å². The van der Waals surface area contributed by atoms with Gasteiger partial charge in [0.1, 0.15) is 5.76 Å². The van der Waals surface area contributed by atoms with E-state index in [9.17, 15) is 4.79 Å². The molecule has 0 saturated heterocycles. The SMILES string of the molecule is C=CCn1c(SCc2ccc(C(=O)OC)o2)nnc1-c1ccccc1. The quantitative estimate of drug-likeness (QED) is 0.365. The molecule has 0 saturated carbocycles. The molecule has 0 aliphatic heterocycles. The van der Waals surface area contributed by atoms with Crippen LogP contribution in [0.3, 0.4) is 0 Å². The maximum Gasteiger partial charge on any atom is 0.373 e. The molecule has 0 spiro atoms. The van der Waals surface area contributed by atoms with Gasteiger partial charge in [0.25, 0.3) is 0 Å². The monoisotopic (exact) mass is 355 g/mol. The first kappa shape index (κ1) is 17.0. The fourth-order valence-corrected chi connectivity index (χ4v) is 3.13. The normalized spacial score (nSPS) is 10.6. The standard InChI is InChI=1S/C18H17N3O3S/c1-3-11-21-16(13-7-5-4-6-8-13)19-20-18(21)25-12-14-9-10-15(24-14)17(22)23-2/h3-10H,1,11-12H2,2H3. The number of hydrogen-bond donors (Lipinski definition) is 0. The maximum absolute atomic E-state index is 11.4. The minimum absolute atomic E-state index is 0.190. The predicted molar refractivity (Wildman–Crippen MR) is 95.3 cm³/mol. The summed E-state index contributed by atoms with van der Waals surface area (Å²) in [4.78, 5) is 11.4. The largest absolute Gasteiger partial charge is 0.463 e. The van der Waals surface area contributed by atoms with Crippen LogP contribution in [0.2, 0.25) is 0 Å². The van der Waals surface area contributed by atoms with Crippen LogP contribution >= 0.6 is 11.8 Å². The minimum Gasteiger partial charge on any atom is -0.463 e. The smallest absolute Gasteiger partial charge is 0.373 e. The topological polar surface area (TPSA) is 70.2 Å². The Labute approximate surface area is 149 Å². The highest BCUT2D eigenvalue weighted by atomic mass is 32.2. The van der Waals surface area contributed by atoms with Crippen molar-refractivity contribution in [3.05, 3.63) is 66.6 Å². The second-order valence-electron chi connectivity index (χ2n) is 5.12. The number of esters is 1. The summed E-state index contributed by atoms with van der Waals surface area (Å²) in [5.41, 5.74) is 0.995. The van der Waals surface area contributed by atoms with Gasteiger partial charge in [-0.1, -0.05) is 48.2 Å². The van der Waals surface area contributed by atoms with Crippen LogP contribution in [0.25, 0.3) is 11.4 Å². The molecule has 25 heavy (non-hydrogen) atoms. The molecule has 0 bridgehead atoms. The number of thioether (sulfide) groups is 1. The first-order chi connectivity index (χ1) is 12.2. The fourth-order valence-electron chi connectivity index (χ4n) is 2.29. The second-order valence-corrected chi connectivity index (χ2v) is 6.06. The molecule has 0 aliphatic rings. The van der Waals surface area contributed by atoms with Crippen molar-refractivity contribution < 1.29 is 13.9 Å². The summed E-state index contributed by atoms with van der Waals surface area (Å²) in [6.45, 7) is 4.41. The highest BCUT2D eigenvalue weighted by Gasteiger charge is 2.15. The third-order valence-electron chi connectivity index (χ3n) is 3.45. The third kappa shape index (κ3) is 3.83. The zero-order valence-electron chi connectivity index (χ0n) is 13.7. The zero-order chi connectivity index (χ0) is 17.6. The lowest BCUT2D eigenvalue weighted by Gasteiger charge is -2.07. The Kier molecular flexibility index (Phi) is 5.35. The molecule has 7 heteroatoms. The summed E-state index contributed by atoms with van der Waals surface area (Å²) in [7, 11) is 1.32. The summed E-state index contributed by atoms with van der Waals surface area (Å²) in [6, 6.07) is 13.2. The molecule has 6 nitrogen and oxygen atoms in total. The summed E-state index contributed by atoms with van der Waals surface area (Å²) in [5.74, 6) is 1.69. The van der Waals surface area contributed by atoms with Gasteiger partial charge in [0.05, 0.1) is 12.9 Å². The average molecular weight is 355 g/mol. The summed E-state index contributed by atoms with van der Waals surface area (Å²) < 4.78 is 12.1. The Morgan fingerprint density at radius 1 is 1.28 bits per heavy atom. The van der Waals surface area contributed by atoms with Gasteiger partial charge in [-0.15, -0.1) is 16.8 Å². The lowest BCUT2D eigenvalue weighted by Crippen LogP contribution is -2.00. The molecule has 2 aromatic heterocycles. The first-order valence-electron chi connectivity index (χ1n) is 7.62. The number of allylic oxidation sites excluding steroid dienone is 1. The molecular weight excluding hydrogens is 338 g/mol. The molecule has 0 aliphatic carbocycles. The van der Waals surface area contributed by atoms with E-state index in [0.29, 0.717) is 18.1 Å². The fraction of sp³-hybridized carbons (Fsp3) is 0.167. The Morgan fingerprint density at radius 2 is 2.08 bits per heavy atom. The number of carbonyl (C=O) groups is 1. The lowest BCUT2D eigenvalue weighted by molar-refractivity contribution is 0.0563. The van der Waals surface area contributed by atoms with E-state index in [4.69, 9.17) is 4.42 Å². The molecule has 0 radical (unpaired) electrons.